The molecule has 5 heteroatoms. The van der Waals surface area contributed by atoms with Gasteiger partial charge < -0.3 is 5.32 Å². The minimum absolute atomic E-state index is 0.0587. The van der Waals surface area contributed by atoms with Crippen molar-refractivity contribution in [3.8, 4) is 0 Å². The van der Waals surface area contributed by atoms with Crippen LogP contribution in [0.2, 0.25) is 10.0 Å². The maximum absolute atomic E-state index is 13.4. The molecule has 0 heterocycles. The van der Waals surface area contributed by atoms with E-state index in [1.54, 1.807) is 18.2 Å². The van der Waals surface area contributed by atoms with Crippen LogP contribution in [0.3, 0.4) is 0 Å². The quantitative estimate of drug-likeness (QED) is 0.661. The summed E-state index contributed by atoms with van der Waals surface area (Å²) in [5.74, 6) is -0.276. The van der Waals surface area contributed by atoms with Crippen molar-refractivity contribution in [3.63, 3.8) is 0 Å². The molecule has 1 unspecified atom stereocenters. The highest BCUT2D eigenvalue weighted by atomic mass is 79.9. The van der Waals surface area contributed by atoms with Gasteiger partial charge in [0.15, 0.2) is 0 Å². The van der Waals surface area contributed by atoms with Crippen molar-refractivity contribution < 1.29 is 4.39 Å². The Morgan fingerprint density at radius 2 is 1.76 bits per heavy atom. The van der Waals surface area contributed by atoms with Crippen LogP contribution < -0.4 is 5.32 Å². The van der Waals surface area contributed by atoms with Gasteiger partial charge in [-0.25, -0.2) is 4.39 Å². The van der Waals surface area contributed by atoms with Gasteiger partial charge in [0.05, 0.1) is 20.6 Å². The van der Waals surface area contributed by atoms with Crippen LogP contribution in [0.25, 0.3) is 0 Å². The van der Waals surface area contributed by atoms with E-state index in [1.807, 2.05) is 12.1 Å². The summed E-state index contributed by atoms with van der Waals surface area (Å²) >= 11 is 15.3. The van der Waals surface area contributed by atoms with Gasteiger partial charge in [-0.3, -0.25) is 0 Å². The Hall–Kier alpha value is -0.610. The number of hydrogen-bond donors (Lipinski definition) is 1. The Morgan fingerprint density at radius 1 is 1.10 bits per heavy atom. The zero-order valence-corrected chi connectivity index (χ0v) is 14.6. The molecular formula is C16H15BrCl2FN. The topological polar surface area (TPSA) is 12.0 Å². The molecule has 0 aliphatic carbocycles. The summed E-state index contributed by atoms with van der Waals surface area (Å²) in [6, 6.07) is 10.5. The first kappa shape index (κ1) is 16.8. The first-order valence-corrected chi connectivity index (χ1v) is 8.21. The maximum atomic E-state index is 13.4. The van der Waals surface area contributed by atoms with Crippen LogP contribution >= 0.6 is 39.1 Å². The SMILES string of the molecule is CCCNC(c1ccc(Cl)c(Cl)c1)c1ccc(F)c(Br)c1. The van der Waals surface area contributed by atoms with E-state index < -0.39 is 0 Å². The standard InChI is InChI=1S/C16H15BrCl2FN/c1-2-7-21-16(10-4-6-15(20)12(17)8-10)11-3-5-13(18)14(19)9-11/h3-6,8-9,16,21H,2,7H2,1H3. The molecule has 1 nitrogen and oxygen atoms in total. The predicted octanol–water partition coefficient (Wildman–Crippen LogP) is 5.98. The molecule has 0 aromatic heterocycles. The third-order valence-electron chi connectivity index (χ3n) is 3.15. The minimum Gasteiger partial charge on any atom is -0.306 e. The average Bonchev–Trinajstić information content (AvgIpc) is 2.46. The molecule has 1 N–H and O–H groups in total. The fraction of sp³-hybridized carbons (Fsp3) is 0.250. The normalized spacial score (nSPS) is 12.4. The lowest BCUT2D eigenvalue weighted by Gasteiger charge is -2.20. The zero-order valence-electron chi connectivity index (χ0n) is 11.5. The van der Waals surface area contributed by atoms with Crippen molar-refractivity contribution in [1.82, 2.24) is 5.32 Å². The Balaban J connectivity index is 2.41. The van der Waals surface area contributed by atoms with E-state index in [0.717, 1.165) is 24.1 Å². The van der Waals surface area contributed by atoms with E-state index in [9.17, 15) is 4.39 Å². The summed E-state index contributed by atoms with van der Waals surface area (Å²) in [7, 11) is 0. The van der Waals surface area contributed by atoms with Gasteiger partial charge in [0.1, 0.15) is 5.82 Å². The third-order valence-corrected chi connectivity index (χ3v) is 4.50. The molecule has 2 rings (SSSR count). The smallest absolute Gasteiger partial charge is 0.137 e. The maximum Gasteiger partial charge on any atom is 0.137 e. The van der Waals surface area contributed by atoms with Crippen molar-refractivity contribution in [2.75, 3.05) is 6.54 Å². The summed E-state index contributed by atoms with van der Waals surface area (Å²) < 4.78 is 13.9. The lowest BCUT2D eigenvalue weighted by molar-refractivity contribution is 0.591. The van der Waals surface area contributed by atoms with Crippen molar-refractivity contribution in [2.24, 2.45) is 0 Å². The zero-order chi connectivity index (χ0) is 15.4. The van der Waals surface area contributed by atoms with Crippen LogP contribution in [-0.2, 0) is 0 Å². The molecule has 21 heavy (non-hydrogen) atoms. The van der Waals surface area contributed by atoms with Gasteiger partial charge in [-0.15, -0.1) is 0 Å². The molecule has 2 aromatic carbocycles. The molecule has 0 aliphatic heterocycles. The number of halogens is 4. The van der Waals surface area contributed by atoms with Crippen molar-refractivity contribution in [3.05, 3.63) is 67.9 Å². The second-order valence-corrected chi connectivity index (χ2v) is 6.40. The predicted molar refractivity (Wildman–Crippen MR) is 90.7 cm³/mol. The van der Waals surface area contributed by atoms with E-state index in [0.29, 0.717) is 14.5 Å². The van der Waals surface area contributed by atoms with Crippen molar-refractivity contribution in [1.29, 1.82) is 0 Å². The lowest BCUT2D eigenvalue weighted by Crippen LogP contribution is -2.23. The van der Waals surface area contributed by atoms with E-state index in [2.05, 4.69) is 28.2 Å². The molecule has 0 spiro atoms. The van der Waals surface area contributed by atoms with Crippen LogP contribution in [0.15, 0.2) is 40.9 Å². The molecule has 1 atom stereocenters. The number of hydrogen-bond acceptors (Lipinski definition) is 1. The van der Waals surface area contributed by atoms with E-state index >= 15 is 0 Å². The molecule has 0 bridgehead atoms. The number of nitrogens with one attached hydrogen (secondary N) is 1. The average molecular weight is 391 g/mol. The van der Waals surface area contributed by atoms with Gasteiger partial charge in [0.25, 0.3) is 0 Å². The Labute approximate surface area is 142 Å². The summed E-state index contributed by atoms with van der Waals surface area (Å²) in [5, 5.41) is 4.49. The van der Waals surface area contributed by atoms with Gasteiger partial charge in [-0.1, -0.05) is 42.3 Å². The van der Waals surface area contributed by atoms with Crippen LogP contribution in [0.5, 0.6) is 0 Å². The van der Waals surface area contributed by atoms with Gasteiger partial charge in [0, 0.05) is 0 Å². The van der Waals surface area contributed by atoms with Gasteiger partial charge in [-0.05, 0) is 64.3 Å². The Kier molecular flexibility index (Phi) is 6.06. The highest BCUT2D eigenvalue weighted by molar-refractivity contribution is 9.10. The first-order chi connectivity index (χ1) is 10.0. The molecular weight excluding hydrogens is 376 g/mol. The van der Waals surface area contributed by atoms with Crippen molar-refractivity contribution in [2.45, 2.75) is 19.4 Å². The highest BCUT2D eigenvalue weighted by Gasteiger charge is 2.16. The number of benzene rings is 2. The van der Waals surface area contributed by atoms with Crippen LogP contribution in [0.4, 0.5) is 4.39 Å². The Bertz CT molecular complexity index is 582. The summed E-state index contributed by atoms with van der Waals surface area (Å²) in [4.78, 5) is 0. The molecule has 0 fully saturated rings. The fourth-order valence-corrected chi connectivity index (χ4v) is 2.80. The lowest BCUT2D eigenvalue weighted by atomic mass is 9.98. The second-order valence-electron chi connectivity index (χ2n) is 4.73. The molecule has 112 valence electrons. The summed E-state index contributed by atoms with van der Waals surface area (Å²) in [5.41, 5.74) is 1.96. The summed E-state index contributed by atoms with van der Waals surface area (Å²) in [6.07, 6.45) is 1.00. The number of rotatable bonds is 5. The molecule has 0 saturated carbocycles. The Morgan fingerprint density at radius 3 is 2.38 bits per heavy atom. The van der Waals surface area contributed by atoms with E-state index in [4.69, 9.17) is 23.2 Å². The van der Waals surface area contributed by atoms with E-state index in [-0.39, 0.29) is 11.9 Å². The van der Waals surface area contributed by atoms with E-state index in [1.165, 1.54) is 6.07 Å². The molecule has 0 saturated heterocycles. The van der Waals surface area contributed by atoms with Gasteiger partial charge in [-0.2, -0.15) is 0 Å². The van der Waals surface area contributed by atoms with Crippen LogP contribution in [-0.4, -0.2) is 6.54 Å². The molecule has 0 amide bonds. The summed E-state index contributed by atoms with van der Waals surface area (Å²) in [6.45, 7) is 2.94. The van der Waals surface area contributed by atoms with Gasteiger partial charge >= 0.3 is 0 Å². The minimum atomic E-state index is -0.276. The third kappa shape index (κ3) is 4.19. The molecule has 0 aliphatic rings. The van der Waals surface area contributed by atoms with Gasteiger partial charge in [0.2, 0.25) is 0 Å². The van der Waals surface area contributed by atoms with Crippen LogP contribution in [0, 0.1) is 5.82 Å². The van der Waals surface area contributed by atoms with Crippen LogP contribution in [0.1, 0.15) is 30.5 Å². The van der Waals surface area contributed by atoms with Crippen molar-refractivity contribution >= 4 is 39.1 Å². The molecule has 2 aromatic rings. The first-order valence-electron chi connectivity index (χ1n) is 6.66. The largest absolute Gasteiger partial charge is 0.306 e. The molecule has 0 radical (unpaired) electrons. The highest BCUT2D eigenvalue weighted by Crippen LogP contribution is 2.30. The second kappa shape index (κ2) is 7.59. The fourth-order valence-electron chi connectivity index (χ4n) is 2.10. The monoisotopic (exact) mass is 389 g/mol.